The number of hydrogen-bond donors (Lipinski definition) is 1. The van der Waals surface area contributed by atoms with Crippen LogP contribution in [-0.2, 0) is 12.8 Å². The van der Waals surface area contributed by atoms with Crippen LogP contribution in [0.15, 0.2) is 79.0 Å². The highest BCUT2D eigenvalue weighted by Gasteiger charge is 2.16. The summed E-state index contributed by atoms with van der Waals surface area (Å²) in [6, 6.07) is 23.0. The van der Waals surface area contributed by atoms with Gasteiger partial charge in [-0.2, -0.15) is 0 Å². The number of nitrogens with one attached hydrogen (secondary N) is 1. The Morgan fingerprint density at radius 3 is 2.59 bits per heavy atom. The Bertz CT molecular complexity index is 1090. The monoisotopic (exact) mass is 375 g/mol. The van der Waals surface area contributed by atoms with Crippen molar-refractivity contribution in [3.63, 3.8) is 0 Å². The summed E-state index contributed by atoms with van der Waals surface area (Å²) < 4.78 is 1.91. The quantitative estimate of drug-likeness (QED) is 0.532. The number of carbonyl (C=O) groups excluding carboxylic acids is 1. The molecule has 5 heteroatoms. The third kappa shape index (κ3) is 3.86. The molecule has 1 N–H and O–H groups in total. The molecule has 0 radical (unpaired) electrons. The van der Waals surface area contributed by atoms with Crippen LogP contribution in [-0.4, -0.2) is 15.3 Å². The maximum Gasteiger partial charge on any atom is 0.256 e. The van der Waals surface area contributed by atoms with Crippen molar-refractivity contribution in [1.29, 1.82) is 0 Å². The molecule has 134 valence electrons. The predicted molar refractivity (Wildman–Crippen MR) is 108 cm³/mol. The second-order valence-electron chi connectivity index (χ2n) is 6.29. The Balaban J connectivity index is 1.64. The van der Waals surface area contributed by atoms with Gasteiger partial charge in [0.05, 0.1) is 5.69 Å². The number of hydrogen-bond acceptors (Lipinski definition) is 2. The van der Waals surface area contributed by atoms with Gasteiger partial charge < -0.3 is 5.32 Å². The van der Waals surface area contributed by atoms with E-state index in [2.05, 4.69) is 17.4 Å². The molecule has 0 bridgehead atoms. The van der Waals surface area contributed by atoms with Crippen LogP contribution in [0.2, 0.25) is 5.02 Å². The van der Waals surface area contributed by atoms with E-state index in [1.807, 2.05) is 47.0 Å². The molecule has 27 heavy (non-hydrogen) atoms. The number of amides is 1. The van der Waals surface area contributed by atoms with Gasteiger partial charge in [-0.1, -0.05) is 54.1 Å². The van der Waals surface area contributed by atoms with E-state index >= 15 is 0 Å². The summed E-state index contributed by atoms with van der Waals surface area (Å²) in [7, 11) is 0. The molecule has 0 saturated carbocycles. The fraction of sp³-hybridized carbons (Fsp3) is 0.0909. The average Bonchev–Trinajstić information content (AvgIpc) is 3.05. The van der Waals surface area contributed by atoms with Crippen LogP contribution >= 0.6 is 11.6 Å². The summed E-state index contributed by atoms with van der Waals surface area (Å²) in [5, 5.41) is 3.55. The van der Waals surface area contributed by atoms with Crippen molar-refractivity contribution in [2.45, 2.75) is 12.8 Å². The summed E-state index contributed by atoms with van der Waals surface area (Å²) in [6.45, 7) is 0. The number of imidazole rings is 1. The fourth-order valence-electron chi connectivity index (χ4n) is 3.07. The lowest BCUT2D eigenvalue weighted by molar-refractivity contribution is 0.102. The highest BCUT2D eigenvalue weighted by Crippen LogP contribution is 2.21. The molecule has 0 saturated heterocycles. The normalized spacial score (nSPS) is 10.9. The van der Waals surface area contributed by atoms with E-state index in [0.717, 1.165) is 24.2 Å². The molecule has 0 fully saturated rings. The number of rotatable bonds is 5. The zero-order valence-electron chi connectivity index (χ0n) is 14.6. The zero-order valence-corrected chi connectivity index (χ0v) is 15.4. The number of nitrogens with zero attached hydrogens (tertiary/aromatic N) is 2. The number of anilines is 1. The van der Waals surface area contributed by atoms with Gasteiger partial charge in [-0.25, -0.2) is 4.98 Å². The van der Waals surface area contributed by atoms with Gasteiger partial charge in [0.2, 0.25) is 0 Å². The third-order valence-corrected chi connectivity index (χ3v) is 4.65. The van der Waals surface area contributed by atoms with Crippen LogP contribution < -0.4 is 5.32 Å². The molecule has 0 spiro atoms. The number of benzene rings is 2. The standard InChI is InChI=1S/C22H18ClN3O/c23-18-10-6-9-17(15-18)22(27)25-21-19(13-12-16-7-2-1-3-8-16)24-20-11-4-5-14-26(20)21/h1-11,14-15H,12-13H2,(H,25,27). The van der Waals surface area contributed by atoms with E-state index < -0.39 is 0 Å². The maximum absolute atomic E-state index is 12.7. The van der Waals surface area contributed by atoms with E-state index in [4.69, 9.17) is 16.6 Å². The first kappa shape index (κ1) is 17.3. The minimum Gasteiger partial charge on any atom is -0.306 e. The first-order valence-corrected chi connectivity index (χ1v) is 9.15. The minimum atomic E-state index is -0.205. The highest BCUT2D eigenvalue weighted by molar-refractivity contribution is 6.31. The summed E-state index contributed by atoms with van der Waals surface area (Å²) >= 11 is 6.02. The predicted octanol–water partition coefficient (Wildman–Crippen LogP) is 5.03. The molecule has 2 aromatic heterocycles. The first-order chi connectivity index (χ1) is 13.2. The van der Waals surface area contributed by atoms with Gasteiger partial charge in [0, 0.05) is 16.8 Å². The lowest BCUT2D eigenvalue weighted by Gasteiger charge is -2.08. The molecule has 0 aliphatic carbocycles. The van der Waals surface area contributed by atoms with Crippen LogP contribution in [0.4, 0.5) is 5.82 Å². The second-order valence-corrected chi connectivity index (χ2v) is 6.72. The Morgan fingerprint density at radius 2 is 1.78 bits per heavy atom. The zero-order chi connectivity index (χ0) is 18.6. The Hall–Kier alpha value is -3.11. The Morgan fingerprint density at radius 1 is 0.963 bits per heavy atom. The number of aromatic nitrogens is 2. The van der Waals surface area contributed by atoms with Gasteiger partial charge in [0.1, 0.15) is 11.5 Å². The van der Waals surface area contributed by atoms with E-state index in [0.29, 0.717) is 16.4 Å². The maximum atomic E-state index is 12.7. The van der Waals surface area contributed by atoms with E-state index in [1.54, 1.807) is 24.3 Å². The van der Waals surface area contributed by atoms with Gasteiger partial charge in [-0.3, -0.25) is 9.20 Å². The van der Waals surface area contributed by atoms with Gasteiger partial charge in [-0.05, 0) is 48.7 Å². The van der Waals surface area contributed by atoms with Crippen molar-refractivity contribution in [1.82, 2.24) is 9.38 Å². The van der Waals surface area contributed by atoms with E-state index in [-0.39, 0.29) is 5.91 Å². The SMILES string of the molecule is O=C(Nc1c(CCc2ccccc2)nc2ccccn12)c1cccc(Cl)c1. The number of halogens is 1. The van der Waals surface area contributed by atoms with Gasteiger partial charge in [0.25, 0.3) is 5.91 Å². The molecule has 0 aliphatic rings. The van der Waals surface area contributed by atoms with Crippen molar-refractivity contribution in [3.8, 4) is 0 Å². The third-order valence-electron chi connectivity index (χ3n) is 4.41. The Kier molecular flexibility index (Phi) is 4.90. The average molecular weight is 376 g/mol. The lowest BCUT2D eigenvalue weighted by atomic mass is 10.1. The molecule has 2 heterocycles. The largest absolute Gasteiger partial charge is 0.306 e. The number of carbonyl (C=O) groups is 1. The van der Waals surface area contributed by atoms with E-state index in [1.165, 1.54) is 5.56 Å². The highest BCUT2D eigenvalue weighted by atomic mass is 35.5. The molecular formula is C22H18ClN3O. The van der Waals surface area contributed by atoms with Crippen molar-refractivity contribution in [3.05, 3.63) is 101 Å². The Labute approximate surface area is 162 Å². The van der Waals surface area contributed by atoms with Gasteiger partial charge in [-0.15, -0.1) is 0 Å². The molecule has 1 amide bonds. The summed E-state index contributed by atoms with van der Waals surface area (Å²) in [5.74, 6) is 0.496. The van der Waals surface area contributed by atoms with E-state index in [9.17, 15) is 4.79 Å². The van der Waals surface area contributed by atoms with Crippen LogP contribution in [0.1, 0.15) is 21.6 Å². The number of fused-ring (bicyclic) bond motifs is 1. The van der Waals surface area contributed by atoms with Gasteiger partial charge >= 0.3 is 0 Å². The molecule has 0 unspecified atom stereocenters. The summed E-state index contributed by atoms with van der Waals surface area (Å²) in [4.78, 5) is 17.4. The molecular weight excluding hydrogens is 358 g/mol. The molecule has 0 atom stereocenters. The minimum absolute atomic E-state index is 0.205. The lowest BCUT2D eigenvalue weighted by Crippen LogP contribution is -2.14. The smallest absolute Gasteiger partial charge is 0.256 e. The van der Waals surface area contributed by atoms with Crippen molar-refractivity contribution < 1.29 is 4.79 Å². The molecule has 4 rings (SSSR count). The van der Waals surface area contributed by atoms with Crippen molar-refractivity contribution in [2.75, 3.05) is 5.32 Å². The number of aryl methyl sites for hydroxylation is 2. The second kappa shape index (κ2) is 7.64. The van der Waals surface area contributed by atoms with Crippen molar-refractivity contribution in [2.24, 2.45) is 0 Å². The first-order valence-electron chi connectivity index (χ1n) is 8.77. The van der Waals surface area contributed by atoms with Crippen molar-refractivity contribution >= 4 is 29.0 Å². The number of pyridine rings is 1. The van der Waals surface area contributed by atoms with Crippen LogP contribution in [0.5, 0.6) is 0 Å². The molecule has 0 aliphatic heterocycles. The molecule has 4 aromatic rings. The summed E-state index contributed by atoms with van der Waals surface area (Å²) in [6.07, 6.45) is 3.49. The van der Waals surface area contributed by atoms with Crippen LogP contribution in [0.3, 0.4) is 0 Å². The molecule has 4 nitrogen and oxygen atoms in total. The van der Waals surface area contributed by atoms with Gasteiger partial charge in [0.15, 0.2) is 0 Å². The summed E-state index contributed by atoms with van der Waals surface area (Å²) in [5.41, 5.74) is 3.42. The van der Waals surface area contributed by atoms with Crippen LogP contribution in [0.25, 0.3) is 5.65 Å². The van der Waals surface area contributed by atoms with Crippen LogP contribution in [0, 0.1) is 0 Å². The fourth-order valence-corrected chi connectivity index (χ4v) is 3.26. The molecule has 2 aromatic carbocycles. The topological polar surface area (TPSA) is 46.4 Å².